The van der Waals surface area contributed by atoms with Crippen molar-refractivity contribution in [2.45, 2.75) is 31.4 Å². The van der Waals surface area contributed by atoms with Crippen LogP contribution < -0.4 is 10.1 Å². The molecule has 0 radical (unpaired) electrons. The fraction of sp³-hybridized carbons (Fsp3) is 0.350. The predicted molar refractivity (Wildman–Crippen MR) is 101 cm³/mol. The van der Waals surface area contributed by atoms with Gasteiger partial charge in [0.05, 0.1) is 5.41 Å². The quantitative estimate of drug-likeness (QED) is 0.724. The molecule has 1 amide bonds. The summed E-state index contributed by atoms with van der Waals surface area (Å²) in [5, 5.41) is 2.91. The van der Waals surface area contributed by atoms with Gasteiger partial charge in [-0.05, 0) is 36.6 Å². The molecule has 0 atom stereocenters. The number of carbonyl (C=O) groups excluding carboxylic acids is 1. The molecule has 7 heteroatoms. The standard InChI is InChI=1S/C20H20BrF2NO3/c21-16-6-7-17(27-19(22)23)14(12-16)13-24-18(25)20(8-10-26-11-9-20)15-4-2-1-3-5-15/h1-7,12,19H,8-11,13H2,(H,24,25). The summed E-state index contributed by atoms with van der Waals surface area (Å²) in [5.41, 5.74) is 0.729. The number of nitrogens with one attached hydrogen (secondary N) is 1. The van der Waals surface area contributed by atoms with Crippen molar-refractivity contribution in [1.82, 2.24) is 5.32 Å². The Balaban J connectivity index is 1.80. The second kappa shape index (κ2) is 8.80. The van der Waals surface area contributed by atoms with Crippen LogP contribution in [0.15, 0.2) is 53.0 Å². The van der Waals surface area contributed by atoms with Gasteiger partial charge in [0.25, 0.3) is 0 Å². The maximum absolute atomic E-state index is 13.1. The van der Waals surface area contributed by atoms with Crippen LogP contribution in [0.25, 0.3) is 0 Å². The monoisotopic (exact) mass is 439 g/mol. The third-order valence-corrected chi connectivity index (χ3v) is 5.28. The van der Waals surface area contributed by atoms with E-state index in [9.17, 15) is 13.6 Å². The van der Waals surface area contributed by atoms with Crippen molar-refractivity contribution in [3.8, 4) is 5.75 Å². The predicted octanol–water partition coefficient (Wildman–Crippen LogP) is 4.42. The van der Waals surface area contributed by atoms with Crippen LogP contribution >= 0.6 is 15.9 Å². The third kappa shape index (κ3) is 4.65. The molecular formula is C20H20BrF2NO3. The van der Waals surface area contributed by atoms with Crippen LogP contribution in [0.3, 0.4) is 0 Å². The Bertz CT molecular complexity index is 780. The number of hydrogen-bond acceptors (Lipinski definition) is 3. The number of ether oxygens (including phenoxy) is 2. The molecule has 144 valence electrons. The zero-order valence-electron chi connectivity index (χ0n) is 14.6. The first-order valence-corrected chi connectivity index (χ1v) is 9.45. The molecule has 1 aliphatic heterocycles. The van der Waals surface area contributed by atoms with E-state index in [0.717, 1.165) is 10.0 Å². The SMILES string of the molecule is O=C(NCc1cc(Br)ccc1OC(F)F)C1(c2ccccc2)CCOCC1. The van der Waals surface area contributed by atoms with Crippen molar-refractivity contribution in [3.63, 3.8) is 0 Å². The van der Waals surface area contributed by atoms with Crippen LogP contribution in [0.2, 0.25) is 0 Å². The third-order valence-electron chi connectivity index (χ3n) is 4.79. The minimum atomic E-state index is -2.92. The Morgan fingerprint density at radius 2 is 1.89 bits per heavy atom. The second-order valence-corrected chi connectivity index (χ2v) is 7.29. The zero-order chi connectivity index (χ0) is 19.3. The van der Waals surface area contributed by atoms with Crippen molar-refractivity contribution in [2.75, 3.05) is 13.2 Å². The maximum atomic E-state index is 13.1. The van der Waals surface area contributed by atoms with Crippen molar-refractivity contribution in [3.05, 3.63) is 64.1 Å². The molecule has 1 fully saturated rings. The van der Waals surface area contributed by atoms with E-state index < -0.39 is 12.0 Å². The summed E-state index contributed by atoms with van der Waals surface area (Å²) in [6, 6.07) is 14.3. The summed E-state index contributed by atoms with van der Waals surface area (Å²) < 4.78 is 36.0. The van der Waals surface area contributed by atoms with E-state index in [2.05, 4.69) is 26.0 Å². The van der Waals surface area contributed by atoms with E-state index in [-0.39, 0.29) is 18.2 Å². The molecule has 0 spiro atoms. The van der Waals surface area contributed by atoms with Gasteiger partial charge >= 0.3 is 6.61 Å². The molecule has 0 aromatic heterocycles. The van der Waals surface area contributed by atoms with Gasteiger partial charge in [-0.25, -0.2) is 0 Å². The highest BCUT2D eigenvalue weighted by molar-refractivity contribution is 9.10. The van der Waals surface area contributed by atoms with Crippen LogP contribution in [-0.4, -0.2) is 25.7 Å². The highest BCUT2D eigenvalue weighted by atomic mass is 79.9. The summed E-state index contributed by atoms with van der Waals surface area (Å²) in [4.78, 5) is 13.1. The van der Waals surface area contributed by atoms with Gasteiger partial charge < -0.3 is 14.8 Å². The first-order chi connectivity index (χ1) is 13.0. The van der Waals surface area contributed by atoms with E-state index in [1.165, 1.54) is 6.07 Å². The van der Waals surface area contributed by atoms with Crippen molar-refractivity contribution in [2.24, 2.45) is 0 Å². The molecule has 0 unspecified atom stereocenters. The maximum Gasteiger partial charge on any atom is 0.387 e. The smallest absolute Gasteiger partial charge is 0.387 e. The summed E-state index contributed by atoms with van der Waals surface area (Å²) >= 11 is 3.32. The van der Waals surface area contributed by atoms with Crippen molar-refractivity contribution in [1.29, 1.82) is 0 Å². The number of rotatable bonds is 6. The summed E-state index contributed by atoms with van der Waals surface area (Å²) in [5.74, 6) is -0.0887. The number of amides is 1. The van der Waals surface area contributed by atoms with Crippen LogP contribution in [0, 0.1) is 0 Å². The van der Waals surface area contributed by atoms with Crippen molar-refractivity contribution >= 4 is 21.8 Å². The summed E-state index contributed by atoms with van der Waals surface area (Å²) in [7, 11) is 0. The molecule has 1 N–H and O–H groups in total. The lowest BCUT2D eigenvalue weighted by molar-refractivity contribution is -0.130. The largest absolute Gasteiger partial charge is 0.434 e. The Labute approximate surface area is 165 Å². The molecule has 0 bridgehead atoms. The van der Waals surface area contributed by atoms with Crippen molar-refractivity contribution < 1.29 is 23.0 Å². The average molecular weight is 440 g/mol. The fourth-order valence-corrected chi connectivity index (χ4v) is 3.77. The summed E-state index contributed by atoms with van der Waals surface area (Å²) in [6.45, 7) is -1.83. The number of halogens is 3. The minimum absolute atomic E-state index is 0.0502. The minimum Gasteiger partial charge on any atom is -0.434 e. The fourth-order valence-electron chi connectivity index (χ4n) is 3.37. The van der Waals surface area contributed by atoms with E-state index in [0.29, 0.717) is 31.6 Å². The molecule has 4 nitrogen and oxygen atoms in total. The Morgan fingerprint density at radius 1 is 1.19 bits per heavy atom. The van der Waals surface area contributed by atoms with Gasteiger partial charge in [0.1, 0.15) is 5.75 Å². The summed E-state index contributed by atoms with van der Waals surface area (Å²) in [6.07, 6.45) is 1.14. The molecular weight excluding hydrogens is 420 g/mol. The molecule has 1 aliphatic rings. The van der Waals surface area contributed by atoms with Crippen LogP contribution in [0.1, 0.15) is 24.0 Å². The lowest BCUT2D eigenvalue weighted by Crippen LogP contribution is -2.47. The zero-order valence-corrected chi connectivity index (χ0v) is 16.2. The van der Waals surface area contributed by atoms with Gasteiger partial charge in [-0.15, -0.1) is 0 Å². The first-order valence-electron chi connectivity index (χ1n) is 8.66. The van der Waals surface area contributed by atoms with Crippen LogP contribution in [-0.2, 0) is 21.5 Å². The van der Waals surface area contributed by atoms with Gasteiger partial charge in [-0.1, -0.05) is 46.3 Å². The van der Waals surface area contributed by atoms with E-state index in [1.807, 2.05) is 30.3 Å². The van der Waals surface area contributed by atoms with Gasteiger partial charge in [0.15, 0.2) is 0 Å². The molecule has 0 aliphatic carbocycles. The van der Waals surface area contributed by atoms with Gasteiger partial charge in [0, 0.05) is 29.8 Å². The molecule has 2 aromatic rings. The number of alkyl halides is 2. The van der Waals surface area contributed by atoms with Gasteiger partial charge in [-0.2, -0.15) is 8.78 Å². The number of hydrogen-bond donors (Lipinski definition) is 1. The second-order valence-electron chi connectivity index (χ2n) is 6.37. The molecule has 2 aromatic carbocycles. The Hall–Kier alpha value is -1.99. The lowest BCUT2D eigenvalue weighted by atomic mass is 9.73. The van der Waals surface area contributed by atoms with Gasteiger partial charge in [-0.3, -0.25) is 4.79 Å². The molecule has 1 saturated heterocycles. The highest BCUT2D eigenvalue weighted by Gasteiger charge is 2.41. The Morgan fingerprint density at radius 3 is 2.56 bits per heavy atom. The van der Waals surface area contributed by atoms with Crippen LogP contribution in [0.4, 0.5) is 8.78 Å². The average Bonchev–Trinajstić information content (AvgIpc) is 2.68. The molecule has 27 heavy (non-hydrogen) atoms. The first kappa shape index (κ1) is 19.8. The Kier molecular flexibility index (Phi) is 6.44. The topological polar surface area (TPSA) is 47.6 Å². The molecule has 1 heterocycles. The lowest BCUT2D eigenvalue weighted by Gasteiger charge is -2.36. The molecule has 3 rings (SSSR count). The van der Waals surface area contributed by atoms with Crippen LogP contribution in [0.5, 0.6) is 5.75 Å². The van der Waals surface area contributed by atoms with E-state index in [4.69, 9.17) is 4.74 Å². The van der Waals surface area contributed by atoms with E-state index >= 15 is 0 Å². The number of carbonyl (C=O) groups is 1. The van der Waals surface area contributed by atoms with E-state index in [1.54, 1.807) is 12.1 Å². The normalized spacial score (nSPS) is 16.1. The van der Waals surface area contributed by atoms with Gasteiger partial charge in [0.2, 0.25) is 5.91 Å². The number of benzene rings is 2. The molecule has 0 saturated carbocycles. The highest BCUT2D eigenvalue weighted by Crippen LogP contribution is 2.35.